The monoisotopic (exact) mass is 216 g/mol. The molecule has 4 heteroatoms. The van der Waals surface area contributed by atoms with Gasteiger partial charge in [-0.25, -0.2) is 0 Å². The molecule has 1 atom stereocenters. The number of aryl methyl sites for hydroxylation is 1. The van der Waals surface area contributed by atoms with Crippen LogP contribution in [-0.4, -0.2) is 20.8 Å². The number of hydrogen-bond acceptors (Lipinski definition) is 3. The van der Waals surface area contributed by atoms with Crippen LogP contribution in [0.15, 0.2) is 36.9 Å². The Bertz CT molecular complexity index is 435. The van der Waals surface area contributed by atoms with Gasteiger partial charge >= 0.3 is 0 Å². The Labute approximate surface area is 95.1 Å². The lowest BCUT2D eigenvalue weighted by atomic mass is 10.0. The van der Waals surface area contributed by atoms with Crippen LogP contribution in [0.2, 0.25) is 0 Å². The van der Waals surface area contributed by atoms with Gasteiger partial charge in [0.1, 0.15) is 0 Å². The molecule has 0 saturated heterocycles. The summed E-state index contributed by atoms with van der Waals surface area (Å²) in [5.41, 5.74) is 8.44. The summed E-state index contributed by atoms with van der Waals surface area (Å²) in [5.74, 6) is 0. The number of pyridine rings is 1. The normalized spacial score (nSPS) is 12.6. The number of aromatic nitrogens is 3. The largest absolute Gasteiger partial charge is 0.327 e. The lowest BCUT2D eigenvalue weighted by molar-refractivity contribution is 0.662. The third-order valence-electron chi connectivity index (χ3n) is 2.48. The topological polar surface area (TPSA) is 56.7 Å². The van der Waals surface area contributed by atoms with Gasteiger partial charge in [-0.05, 0) is 30.0 Å². The second-order valence-corrected chi connectivity index (χ2v) is 4.05. The Kier molecular flexibility index (Phi) is 3.31. The van der Waals surface area contributed by atoms with E-state index in [0.717, 1.165) is 12.8 Å². The lowest BCUT2D eigenvalue weighted by Gasteiger charge is -2.09. The van der Waals surface area contributed by atoms with Crippen molar-refractivity contribution in [2.75, 3.05) is 0 Å². The molecule has 2 heterocycles. The predicted octanol–water partition coefficient (Wildman–Crippen LogP) is 0.928. The van der Waals surface area contributed by atoms with E-state index >= 15 is 0 Å². The van der Waals surface area contributed by atoms with Crippen LogP contribution in [0.4, 0.5) is 0 Å². The summed E-state index contributed by atoms with van der Waals surface area (Å²) in [6.45, 7) is 0. The first kappa shape index (κ1) is 10.8. The highest BCUT2D eigenvalue weighted by Gasteiger charge is 2.06. The maximum Gasteiger partial charge on any atom is 0.0522 e. The molecule has 1 unspecified atom stereocenters. The molecule has 2 rings (SSSR count). The highest BCUT2D eigenvalue weighted by molar-refractivity contribution is 5.12. The van der Waals surface area contributed by atoms with Gasteiger partial charge in [-0.2, -0.15) is 5.10 Å². The van der Waals surface area contributed by atoms with Gasteiger partial charge in [0.15, 0.2) is 0 Å². The van der Waals surface area contributed by atoms with Crippen LogP contribution in [0.5, 0.6) is 0 Å². The van der Waals surface area contributed by atoms with Crippen LogP contribution in [0.3, 0.4) is 0 Å². The predicted molar refractivity (Wildman–Crippen MR) is 62.8 cm³/mol. The number of nitrogens with two attached hydrogens (primary N) is 1. The minimum absolute atomic E-state index is 0.119. The molecule has 84 valence electrons. The van der Waals surface area contributed by atoms with E-state index in [1.165, 1.54) is 11.1 Å². The van der Waals surface area contributed by atoms with Gasteiger partial charge in [0.2, 0.25) is 0 Å². The summed E-state index contributed by atoms with van der Waals surface area (Å²) in [4.78, 5) is 4.08. The van der Waals surface area contributed by atoms with E-state index < -0.39 is 0 Å². The Morgan fingerprint density at radius 3 is 2.75 bits per heavy atom. The van der Waals surface area contributed by atoms with Gasteiger partial charge in [0.25, 0.3) is 0 Å². The standard InChI is InChI=1S/C12H16N4/c1-16-9-11(8-15-16)6-12(13)5-10-3-2-4-14-7-10/h2-4,7-9,12H,5-6,13H2,1H3. The Balaban J connectivity index is 1.92. The molecule has 0 amide bonds. The van der Waals surface area contributed by atoms with Crippen molar-refractivity contribution in [3.63, 3.8) is 0 Å². The van der Waals surface area contributed by atoms with E-state index in [-0.39, 0.29) is 6.04 Å². The second-order valence-electron chi connectivity index (χ2n) is 4.05. The molecular weight excluding hydrogens is 200 g/mol. The molecule has 0 bridgehead atoms. The molecular formula is C12H16N4. The van der Waals surface area contributed by atoms with Crippen LogP contribution in [-0.2, 0) is 19.9 Å². The lowest BCUT2D eigenvalue weighted by Crippen LogP contribution is -2.25. The van der Waals surface area contributed by atoms with Crippen LogP contribution in [0.25, 0.3) is 0 Å². The van der Waals surface area contributed by atoms with Gasteiger partial charge in [0.05, 0.1) is 6.20 Å². The summed E-state index contributed by atoms with van der Waals surface area (Å²) < 4.78 is 1.80. The molecule has 2 aromatic heterocycles. The van der Waals surface area contributed by atoms with Crippen molar-refractivity contribution in [1.29, 1.82) is 0 Å². The first-order chi connectivity index (χ1) is 7.74. The molecule has 16 heavy (non-hydrogen) atoms. The van der Waals surface area contributed by atoms with Gasteiger partial charge in [-0.1, -0.05) is 6.07 Å². The molecule has 0 aliphatic rings. The summed E-state index contributed by atoms with van der Waals surface area (Å²) in [7, 11) is 1.91. The van der Waals surface area contributed by atoms with E-state index in [0.29, 0.717) is 0 Å². The molecule has 0 aliphatic heterocycles. The van der Waals surface area contributed by atoms with Gasteiger partial charge in [-0.15, -0.1) is 0 Å². The number of rotatable bonds is 4. The average Bonchev–Trinajstić information content (AvgIpc) is 2.65. The first-order valence-corrected chi connectivity index (χ1v) is 5.36. The fourth-order valence-corrected chi connectivity index (χ4v) is 1.77. The van der Waals surface area contributed by atoms with Crippen LogP contribution < -0.4 is 5.73 Å². The molecule has 2 aromatic rings. The van der Waals surface area contributed by atoms with Crippen molar-refractivity contribution < 1.29 is 0 Å². The minimum Gasteiger partial charge on any atom is -0.327 e. The third kappa shape index (κ3) is 2.90. The number of hydrogen-bond donors (Lipinski definition) is 1. The molecule has 0 spiro atoms. The molecule has 0 fully saturated rings. The van der Waals surface area contributed by atoms with E-state index in [9.17, 15) is 0 Å². The zero-order valence-electron chi connectivity index (χ0n) is 9.37. The molecule has 0 saturated carbocycles. The van der Waals surface area contributed by atoms with Gasteiger partial charge < -0.3 is 5.73 Å². The summed E-state index contributed by atoms with van der Waals surface area (Å²) in [5, 5.41) is 4.13. The van der Waals surface area contributed by atoms with Crippen molar-refractivity contribution in [1.82, 2.24) is 14.8 Å². The summed E-state index contributed by atoms with van der Waals surface area (Å²) in [6.07, 6.45) is 9.21. The van der Waals surface area contributed by atoms with Crippen LogP contribution in [0, 0.1) is 0 Å². The molecule has 0 aliphatic carbocycles. The Morgan fingerprint density at radius 2 is 2.12 bits per heavy atom. The van der Waals surface area contributed by atoms with Crippen molar-refractivity contribution >= 4 is 0 Å². The third-order valence-corrected chi connectivity index (χ3v) is 2.48. The zero-order chi connectivity index (χ0) is 11.4. The Morgan fingerprint density at radius 1 is 1.31 bits per heavy atom. The van der Waals surface area contributed by atoms with Crippen LogP contribution in [0.1, 0.15) is 11.1 Å². The second kappa shape index (κ2) is 4.90. The minimum atomic E-state index is 0.119. The van der Waals surface area contributed by atoms with Crippen molar-refractivity contribution in [3.8, 4) is 0 Å². The first-order valence-electron chi connectivity index (χ1n) is 5.36. The zero-order valence-corrected chi connectivity index (χ0v) is 9.37. The van der Waals surface area contributed by atoms with Crippen LogP contribution >= 0.6 is 0 Å². The fraction of sp³-hybridized carbons (Fsp3) is 0.333. The summed E-state index contributed by atoms with van der Waals surface area (Å²) in [6, 6.07) is 4.11. The fourth-order valence-electron chi connectivity index (χ4n) is 1.77. The highest BCUT2D eigenvalue weighted by Crippen LogP contribution is 2.05. The van der Waals surface area contributed by atoms with Crippen molar-refractivity contribution in [2.45, 2.75) is 18.9 Å². The quantitative estimate of drug-likeness (QED) is 0.827. The maximum atomic E-state index is 6.08. The number of nitrogens with zero attached hydrogens (tertiary/aromatic N) is 3. The van der Waals surface area contributed by atoms with Gasteiger partial charge in [-0.3, -0.25) is 9.67 Å². The molecule has 0 aromatic carbocycles. The van der Waals surface area contributed by atoms with E-state index in [1.807, 2.05) is 31.7 Å². The SMILES string of the molecule is Cn1cc(CC(N)Cc2cccnc2)cn1. The summed E-state index contributed by atoms with van der Waals surface area (Å²) >= 11 is 0. The van der Waals surface area contributed by atoms with E-state index in [4.69, 9.17) is 5.73 Å². The molecule has 2 N–H and O–H groups in total. The highest BCUT2D eigenvalue weighted by atomic mass is 15.2. The van der Waals surface area contributed by atoms with Crippen molar-refractivity contribution in [2.24, 2.45) is 12.8 Å². The maximum absolute atomic E-state index is 6.08. The average molecular weight is 216 g/mol. The van der Waals surface area contributed by atoms with E-state index in [1.54, 1.807) is 10.9 Å². The van der Waals surface area contributed by atoms with E-state index in [2.05, 4.69) is 16.1 Å². The van der Waals surface area contributed by atoms with Crippen molar-refractivity contribution in [3.05, 3.63) is 48.0 Å². The van der Waals surface area contributed by atoms with Gasteiger partial charge in [0, 0.05) is 31.7 Å². The smallest absolute Gasteiger partial charge is 0.0522 e. The molecule has 0 radical (unpaired) electrons. The molecule has 4 nitrogen and oxygen atoms in total. The Hall–Kier alpha value is -1.68.